The molecular weight excluding hydrogens is 778 g/mol. The van der Waals surface area contributed by atoms with Crippen LogP contribution in [0.5, 0.6) is 5.75 Å². The lowest BCUT2D eigenvalue weighted by Gasteiger charge is -2.44. The number of carbonyl (C=O) groups excluding carboxylic acids is 1. The average molecular weight is 830 g/mol. The summed E-state index contributed by atoms with van der Waals surface area (Å²) in [5.41, 5.74) is 5.66. The van der Waals surface area contributed by atoms with Crippen LogP contribution in [-0.4, -0.2) is 68.1 Å². The Hall–Kier alpha value is -4.48. The van der Waals surface area contributed by atoms with Crippen molar-refractivity contribution in [2.75, 3.05) is 41.7 Å². The topological polar surface area (TPSA) is 78.5 Å². The van der Waals surface area contributed by atoms with Crippen LogP contribution in [0.2, 0.25) is 0 Å². The van der Waals surface area contributed by atoms with Gasteiger partial charge in [-0.2, -0.15) is 0 Å². The van der Waals surface area contributed by atoms with E-state index >= 15 is 4.39 Å². The van der Waals surface area contributed by atoms with Gasteiger partial charge < -0.3 is 33.9 Å². The van der Waals surface area contributed by atoms with E-state index in [1.54, 1.807) is 24.3 Å². The molecule has 0 unspecified atom stereocenters. The molecule has 58 heavy (non-hydrogen) atoms. The second-order valence-electron chi connectivity index (χ2n) is 14.1. The minimum absolute atomic E-state index is 0.145. The van der Waals surface area contributed by atoms with Gasteiger partial charge in [0.15, 0.2) is 12.4 Å². The second-order valence-corrected chi connectivity index (χ2v) is 14.8. The molecule has 306 valence electrons. The number of aryl methyl sites for hydroxylation is 1. The number of hydrogen-bond acceptors (Lipinski definition) is 8. The highest BCUT2D eigenvalue weighted by Crippen LogP contribution is 2.32. The van der Waals surface area contributed by atoms with Crippen molar-refractivity contribution in [3.8, 4) is 5.75 Å². The van der Waals surface area contributed by atoms with Gasteiger partial charge in [-0.3, -0.25) is 4.79 Å². The van der Waals surface area contributed by atoms with Crippen LogP contribution in [0.3, 0.4) is 0 Å². The summed E-state index contributed by atoms with van der Waals surface area (Å²) in [6, 6.07) is 44.3. The number of anilines is 2. The van der Waals surface area contributed by atoms with Crippen molar-refractivity contribution in [2.45, 2.75) is 69.8 Å². The number of benzene rings is 5. The van der Waals surface area contributed by atoms with Gasteiger partial charge in [-0.15, -0.1) is 23.2 Å². The highest BCUT2D eigenvalue weighted by Gasteiger charge is 2.48. The maximum absolute atomic E-state index is 16.7. The zero-order valence-electron chi connectivity index (χ0n) is 32.5. The van der Waals surface area contributed by atoms with Crippen molar-refractivity contribution in [3.63, 3.8) is 0 Å². The third kappa shape index (κ3) is 13.3. The van der Waals surface area contributed by atoms with Gasteiger partial charge in [0.2, 0.25) is 0 Å². The number of alkyl halides is 3. The van der Waals surface area contributed by atoms with Crippen molar-refractivity contribution < 1.29 is 32.9 Å². The van der Waals surface area contributed by atoms with E-state index in [9.17, 15) is 4.79 Å². The predicted molar refractivity (Wildman–Crippen MR) is 228 cm³/mol. The first-order valence-corrected chi connectivity index (χ1v) is 20.8. The van der Waals surface area contributed by atoms with Gasteiger partial charge in [-0.05, 0) is 71.5 Å². The van der Waals surface area contributed by atoms with Crippen LogP contribution in [0.4, 0.5) is 15.8 Å². The fourth-order valence-electron chi connectivity index (χ4n) is 6.79. The number of nitrogens with one attached hydrogen (secondary N) is 1. The SMILES string of the molecule is O=C(CCCc1ccc(N(CCCl)CCCl)cc1)Oc1ccc(N[C@@H]2O[C@H](COCc3ccccc3)[C@@H](OCc3ccccc3)[C@H](OCc3ccccc3)[C@H]2F)cc1. The molecule has 0 aromatic heterocycles. The molecule has 11 heteroatoms. The van der Waals surface area contributed by atoms with Gasteiger partial charge >= 0.3 is 5.97 Å². The molecular formula is C47H51Cl2FN2O6. The average Bonchev–Trinajstić information content (AvgIpc) is 3.25. The Morgan fingerprint density at radius 3 is 1.79 bits per heavy atom. The van der Waals surface area contributed by atoms with E-state index in [1.807, 2.05) is 91.0 Å². The van der Waals surface area contributed by atoms with Crippen molar-refractivity contribution in [1.29, 1.82) is 0 Å². The van der Waals surface area contributed by atoms with Gasteiger partial charge in [0, 0.05) is 42.6 Å². The minimum Gasteiger partial charge on any atom is -0.427 e. The predicted octanol–water partition coefficient (Wildman–Crippen LogP) is 9.76. The van der Waals surface area contributed by atoms with Crippen LogP contribution in [-0.2, 0) is 50.0 Å². The maximum atomic E-state index is 16.7. The van der Waals surface area contributed by atoms with E-state index in [0.717, 1.165) is 47.5 Å². The zero-order chi connectivity index (χ0) is 40.4. The molecule has 1 heterocycles. The quantitative estimate of drug-likeness (QED) is 0.0420. The summed E-state index contributed by atoms with van der Waals surface area (Å²) < 4.78 is 47.7. The molecule has 1 saturated heterocycles. The molecule has 5 aromatic carbocycles. The lowest BCUT2D eigenvalue weighted by molar-refractivity contribution is -0.241. The summed E-state index contributed by atoms with van der Waals surface area (Å²) in [6.45, 7) is 2.39. The molecule has 1 aliphatic rings. The Labute approximate surface area is 351 Å². The maximum Gasteiger partial charge on any atom is 0.311 e. The van der Waals surface area contributed by atoms with Crippen LogP contribution in [0.25, 0.3) is 0 Å². The van der Waals surface area contributed by atoms with Crippen molar-refractivity contribution in [1.82, 2.24) is 0 Å². The third-order valence-electron chi connectivity index (χ3n) is 9.83. The summed E-state index contributed by atoms with van der Waals surface area (Å²) in [5.74, 6) is 1.11. The smallest absolute Gasteiger partial charge is 0.311 e. The van der Waals surface area contributed by atoms with Crippen LogP contribution in [0.1, 0.15) is 35.1 Å². The van der Waals surface area contributed by atoms with Crippen LogP contribution < -0.4 is 15.0 Å². The zero-order valence-corrected chi connectivity index (χ0v) is 34.0. The monoisotopic (exact) mass is 828 g/mol. The van der Waals surface area contributed by atoms with Gasteiger partial charge in [0.1, 0.15) is 24.1 Å². The minimum atomic E-state index is -1.61. The molecule has 8 nitrogen and oxygen atoms in total. The second kappa shape index (κ2) is 23.2. The summed E-state index contributed by atoms with van der Waals surface area (Å²) in [7, 11) is 0. The molecule has 6 rings (SSSR count). The third-order valence-corrected chi connectivity index (χ3v) is 10.2. The number of ether oxygens (including phenoxy) is 5. The van der Waals surface area contributed by atoms with E-state index in [1.165, 1.54) is 0 Å². The molecule has 1 aliphatic heterocycles. The lowest BCUT2D eigenvalue weighted by Crippen LogP contribution is -2.60. The number of carbonyl (C=O) groups is 1. The Balaban J connectivity index is 1.08. The first-order valence-electron chi connectivity index (χ1n) is 19.7. The van der Waals surface area contributed by atoms with E-state index in [2.05, 4.69) is 34.5 Å². The van der Waals surface area contributed by atoms with E-state index in [-0.39, 0.29) is 32.2 Å². The van der Waals surface area contributed by atoms with Crippen molar-refractivity contribution in [2.24, 2.45) is 0 Å². The molecule has 0 bridgehead atoms. The standard InChI is InChI=1S/C47H51Cl2FN2O6/c48-27-29-52(30-28-49)40-23-19-35(20-24-40)17-10-18-43(53)57-41-25-21-39(22-26-41)51-47-44(50)46(56-33-38-15-8-3-9-16-38)45(55-32-37-13-6-2-7-14-37)42(58-47)34-54-31-36-11-4-1-5-12-36/h1-9,11-16,19-26,42,44-47,51H,10,17-18,27-34H2/t42-,44-,45-,46-,47-/m1/s1. The fourth-order valence-corrected chi connectivity index (χ4v) is 7.20. The number of rotatable bonds is 22. The van der Waals surface area contributed by atoms with Gasteiger partial charge in [-0.1, -0.05) is 103 Å². The Morgan fingerprint density at radius 2 is 1.22 bits per heavy atom. The fraction of sp³-hybridized carbons (Fsp3) is 0.340. The Morgan fingerprint density at radius 1 is 0.672 bits per heavy atom. The van der Waals surface area contributed by atoms with Crippen LogP contribution in [0.15, 0.2) is 140 Å². The molecule has 0 radical (unpaired) electrons. The molecule has 1 N–H and O–H groups in total. The normalized spacial score (nSPS) is 19.1. The number of nitrogens with zero attached hydrogens (tertiary/aromatic N) is 1. The van der Waals surface area contributed by atoms with Crippen LogP contribution >= 0.6 is 23.2 Å². The van der Waals surface area contributed by atoms with Gasteiger partial charge in [0.25, 0.3) is 0 Å². The van der Waals surface area contributed by atoms with E-state index in [0.29, 0.717) is 36.2 Å². The largest absolute Gasteiger partial charge is 0.427 e. The summed E-state index contributed by atoms with van der Waals surface area (Å²) >= 11 is 11.9. The highest BCUT2D eigenvalue weighted by molar-refractivity contribution is 6.18. The first-order chi connectivity index (χ1) is 28.5. The number of halogens is 3. The summed E-state index contributed by atoms with van der Waals surface area (Å²) in [6.07, 6.45) is -3.49. The molecule has 0 amide bonds. The molecule has 1 fully saturated rings. The lowest BCUT2D eigenvalue weighted by atomic mass is 9.98. The molecule has 5 atom stereocenters. The number of hydrogen-bond donors (Lipinski definition) is 1. The molecule has 5 aromatic rings. The van der Waals surface area contributed by atoms with Crippen molar-refractivity contribution in [3.05, 3.63) is 162 Å². The molecule has 0 aliphatic carbocycles. The Kier molecular flexibility index (Phi) is 17.2. The Bertz CT molecular complexity index is 1910. The summed E-state index contributed by atoms with van der Waals surface area (Å²) in [5, 5.41) is 3.20. The van der Waals surface area contributed by atoms with E-state index in [4.69, 9.17) is 46.9 Å². The van der Waals surface area contributed by atoms with Gasteiger partial charge in [-0.25, -0.2) is 4.39 Å². The summed E-state index contributed by atoms with van der Waals surface area (Å²) in [4.78, 5) is 14.9. The molecule has 0 saturated carbocycles. The van der Waals surface area contributed by atoms with Gasteiger partial charge in [0.05, 0.1) is 26.4 Å². The molecule has 0 spiro atoms. The van der Waals surface area contributed by atoms with Crippen molar-refractivity contribution >= 4 is 40.5 Å². The van der Waals surface area contributed by atoms with E-state index < -0.39 is 30.7 Å². The highest BCUT2D eigenvalue weighted by atomic mass is 35.5. The number of esters is 1. The van der Waals surface area contributed by atoms with Crippen LogP contribution in [0, 0.1) is 0 Å². The first kappa shape index (κ1) is 43.1.